The van der Waals surface area contributed by atoms with Gasteiger partial charge >= 0.3 is 5.69 Å². The number of aryl methyl sites for hydroxylation is 1. The van der Waals surface area contributed by atoms with Crippen molar-refractivity contribution in [1.82, 2.24) is 9.66 Å². The smallest absolute Gasteiger partial charge is 0.315 e. The second kappa shape index (κ2) is 11.0. The third-order valence-corrected chi connectivity index (χ3v) is 6.09. The first-order valence-electron chi connectivity index (χ1n) is 12.1. The number of ether oxygens (including phenoxy) is 2. The molecule has 0 atom stereocenters. The molecule has 9 nitrogen and oxygen atoms in total. The number of aromatic nitrogens is 2. The molecule has 194 valence electrons. The van der Waals surface area contributed by atoms with E-state index in [0.717, 1.165) is 11.1 Å². The molecule has 39 heavy (non-hydrogen) atoms. The highest BCUT2D eigenvalue weighted by Gasteiger charge is 2.22. The number of hydrogen-bond donors (Lipinski definition) is 0. The van der Waals surface area contributed by atoms with Crippen molar-refractivity contribution in [2.45, 2.75) is 13.5 Å². The highest BCUT2D eigenvalue weighted by atomic mass is 16.6. The van der Waals surface area contributed by atoms with Crippen LogP contribution < -0.4 is 15.0 Å². The number of nitrogens with zero attached hydrogens (tertiary/aromatic N) is 4. The van der Waals surface area contributed by atoms with Gasteiger partial charge in [0.15, 0.2) is 11.6 Å². The van der Waals surface area contributed by atoms with E-state index in [9.17, 15) is 14.9 Å². The van der Waals surface area contributed by atoms with E-state index < -0.39 is 4.92 Å². The van der Waals surface area contributed by atoms with Crippen molar-refractivity contribution in [3.63, 3.8) is 0 Å². The summed E-state index contributed by atoms with van der Waals surface area (Å²) in [5, 5.41) is 16.8. The molecule has 0 aliphatic heterocycles. The second-order valence-corrected chi connectivity index (χ2v) is 8.78. The Balaban J connectivity index is 1.56. The minimum Gasteiger partial charge on any atom is -0.493 e. The van der Waals surface area contributed by atoms with Gasteiger partial charge in [-0.15, -0.1) is 0 Å². The minimum atomic E-state index is -0.538. The van der Waals surface area contributed by atoms with Gasteiger partial charge in [-0.2, -0.15) is 9.78 Å². The topological polar surface area (TPSA) is 109 Å². The van der Waals surface area contributed by atoms with Gasteiger partial charge in [-0.05, 0) is 30.7 Å². The van der Waals surface area contributed by atoms with Crippen molar-refractivity contribution in [3.05, 3.63) is 128 Å². The maximum atomic E-state index is 13.4. The Bertz CT molecular complexity index is 1750. The predicted molar refractivity (Wildman–Crippen MR) is 150 cm³/mol. The van der Waals surface area contributed by atoms with Crippen LogP contribution in [-0.2, 0) is 6.61 Å². The molecule has 0 saturated carbocycles. The zero-order chi connectivity index (χ0) is 27.4. The number of para-hydroxylation sites is 1. The number of rotatable bonds is 8. The number of methoxy groups -OCH3 is 1. The monoisotopic (exact) mass is 520 g/mol. The molecule has 0 aliphatic rings. The Morgan fingerprint density at radius 1 is 1.00 bits per heavy atom. The normalized spacial score (nSPS) is 11.1. The van der Waals surface area contributed by atoms with Gasteiger partial charge in [0.05, 0.1) is 29.2 Å². The quantitative estimate of drug-likeness (QED) is 0.146. The molecule has 1 aromatic heterocycles. The average Bonchev–Trinajstić information content (AvgIpc) is 2.96. The van der Waals surface area contributed by atoms with Crippen molar-refractivity contribution in [2.24, 2.45) is 5.10 Å². The zero-order valence-corrected chi connectivity index (χ0v) is 21.3. The number of hydrogen-bond acceptors (Lipinski definition) is 7. The largest absolute Gasteiger partial charge is 0.493 e. The lowest BCUT2D eigenvalue weighted by Gasteiger charge is -2.12. The fourth-order valence-corrected chi connectivity index (χ4v) is 4.08. The molecule has 0 bridgehead atoms. The Morgan fingerprint density at radius 3 is 2.44 bits per heavy atom. The summed E-state index contributed by atoms with van der Waals surface area (Å²) in [5.74, 6) is 0.523. The standard InChI is InChI=1S/C30H24N4O5/c1-20-12-14-21(15-13-20)19-39-28-26(34(36)37)16-22(17-27(28)38-2)18-31-33-29(23-8-4-3-5-9-23)32-25-11-7-6-10-24(25)30(33)35/h3-18H,19H2,1-2H3. The Morgan fingerprint density at radius 2 is 1.72 bits per heavy atom. The van der Waals surface area contributed by atoms with Crippen molar-refractivity contribution >= 4 is 22.8 Å². The molecule has 0 saturated heterocycles. The first-order chi connectivity index (χ1) is 18.9. The van der Waals surface area contributed by atoms with Gasteiger partial charge in [0, 0.05) is 17.2 Å². The van der Waals surface area contributed by atoms with Gasteiger partial charge in [-0.3, -0.25) is 14.9 Å². The van der Waals surface area contributed by atoms with Gasteiger partial charge in [0.1, 0.15) is 6.61 Å². The first kappa shape index (κ1) is 25.3. The maximum Gasteiger partial charge on any atom is 0.315 e. The first-order valence-corrected chi connectivity index (χ1v) is 12.1. The lowest BCUT2D eigenvalue weighted by molar-refractivity contribution is -0.386. The van der Waals surface area contributed by atoms with Crippen LogP contribution in [0.1, 0.15) is 16.7 Å². The van der Waals surface area contributed by atoms with Gasteiger partial charge in [-0.1, -0.05) is 72.3 Å². The van der Waals surface area contributed by atoms with Crippen molar-refractivity contribution < 1.29 is 14.4 Å². The summed E-state index contributed by atoms with van der Waals surface area (Å²) in [4.78, 5) is 29.5. The van der Waals surface area contributed by atoms with Gasteiger partial charge < -0.3 is 9.47 Å². The van der Waals surface area contributed by atoms with Gasteiger partial charge in [0.25, 0.3) is 5.56 Å². The van der Waals surface area contributed by atoms with Crippen LogP contribution in [-0.4, -0.2) is 27.9 Å². The van der Waals surface area contributed by atoms with Crippen LogP contribution in [0.15, 0.2) is 101 Å². The van der Waals surface area contributed by atoms with E-state index in [1.54, 1.807) is 24.3 Å². The lowest BCUT2D eigenvalue weighted by atomic mass is 10.1. The summed E-state index contributed by atoms with van der Waals surface area (Å²) >= 11 is 0. The molecule has 0 N–H and O–H groups in total. The summed E-state index contributed by atoms with van der Waals surface area (Å²) in [6, 6.07) is 26.8. The van der Waals surface area contributed by atoms with E-state index in [4.69, 9.17) is 9.47 Å². The Kier molecular flexibility index (Phi) is 7.13. The van der Waals surface area contributed by atoms with Gasteiger partial charge in [0.2, 0.25) is 5.75 Å². The molecule has 9 heteroatoms. The summed E-state index contributed by atoms with van der Waals surface area (Å²) in [7, 11) is 1.41. The van der Waals surface area contributed by atoms with Crippen molar-refractivity contribution in [1.29, 1.82) is 0 Å². The Labute approximate surface area is 223 Å². The van der Waals surface area contributed by atoms with E-state index in [1.807, 2.05) is 67.6 Å². The molecule has 1 heterocycles. The van der Waals surface area contributed by atoms with E-state index in [2.05, 4.69) is 10.1 Å². The predicted octanol–water partition coefficient (Wildman–Crippen LogP) is 5.75. The number of nitro groups is 1. The molecule has 4 aromatic carbocycles. The molecule has 0 amide bonds. The van der Waals surface area contributed by atoms with Crippen LogP contribution in [0.3, 0.4) is 0 Å². The van der Waals surface area contributed by atoms with E-state index >= 15 is 0 Å². The van der Waals surface area contributed by atoms with E-state index in [1.165, 1.54) is 24.1 Å². The summed E-state index contributed by atoms with van der Waals surface area (Å²) in [5.41, 5.74) is 2.90. The van der Waals surface area contributed by atoms with E-state index in [-0.39, 0.29) is 29.4 Å². The molecular weight excluding hydrogens is 496 g/mol. The number of benzene rings is 4. The van der Waals surface area contributed by atoms with E-state index in [0.29, 0.717) is 27.9 Å². The molecule has 5 aromatic rings. The number of nitro benzene ring substituents is 1. The fourth-order valence-electron chi connectivity index (χ4n) is 4.08. The van der Waals surface area contributed by atoms with Crippen LogP contribution in [0.4, 0.5) is 5.69 Å². The molecule has 0 fully saturated rings. The highest BCUT2D eigenvalue weighted by molar-refractivity contribution is 5.84. The third-order valence-electron chi connectivity index (χ3n) is 6.09. The second-order valence-electron chi connectivity index (χ2n) is 8.78. The third kappa shape index (κ3) is 5.37. The van der Waals surface area contributed by atoms with Crippen molar-refractivity contribution in [3.8, 4) is 22.9 Å². The molecule has 0 aliphatic carbocycles. The lowest BCUT2D eigenvalue weighted by Crippen LogP contribution is -2.20. The average molecular weight is 521 g/mol. The van der Waals surface area contributed by atoms with Gasteiger partial charge in [-0.25, -0.2) is 4.98 Å². The summed E-state index contributed by atoms with van der Waals surface area (Å²) in [6.07, 6.45) is 1.36. The zero-order valence-electron chi connectivity index (χ0n) is 21.3. The van der Waals surface area contributed by atoms with Crippen LogP contribution in [0, 0.1) is 17.0 Å². The fraction of sp³-hybridized carbons (Fsp3) is 0.100. The molecule has 0 unspecified atom stereocenters. The van der Waals surface area contributed by atoms with Crippen LogP contribution >= 0.6 is 0 Å². The molecular formula is C30H24N4O5. The van der Waals surface area contributed by atoms with Crippen molar-refractivity contribution in [2.75, 3.05) is 7.11 Å². The molecule has 5 rings (SSSR count). The minimum absolute atomic E-state index is 0.00902. The molecule has 0 spiro atoms. The van der Waals surface area contributed by atoms with Crippen LogP contribution in [0.2, 0.25) is 0 Å². The Hall–Kier alpha value is -5.31. The number of fused-ring (bicyclic) bond motifs is 1. The summed E-state index contributed by atoms with van der Waals surface area (Å²) in [6.45, 7) is 2.10. The highest BCUT2D eigenvalue weighted by Crippen LogP contribution is 2.38. The van der Waals surface area contributed by atoms with Crippen LogP contribution in [0.5, 0.6) is 11.5 Å². The van der Waals surface area contributed by atoms with Crippen LogP contribution in [0.25, 0.3) is 22.3 Å². The summed E-state index contributed by atoms with van der Waals surface area (Å²) < 4.78 is 12.5. The molecule has 0 radical (unpaired) electrons. The maximum absolute atomic E-state index is 13.4. The SMILES string of the molecule is COc1cc(C=Nn2c(-c3ccccc3)nc3ccccc3c2=O)cc([N+](=O)[O-])c1OCc1ccc(C)cc1.